The van der Waals surface area contributed by atoms with Crippen LogP contribution in [0.2, 0.25) is 0 Å². The van der Waals surface area contributed by atoms with Gasteiger partial charge in [0.2, 0.25) is 1.43 Å². The third-order valence-corrected chi connectivity index (χ3v) is 6.58. The number of carbonyl (C=O) groups is 1. The zero-order chi connectivity index (χ0) is 19.2. The Morgan fingerprint density at radius 1 is 1.52 bits per heavy atom. The van der Waals surface area contributed by atoms with Crippen LogP contribution in [0.3, 0.4) is 0 Å². The van der Waals surface area contributed by atoms with Crippen LogP contribution in [0.5, 0.6) is 11.5 Å². The number of likely N-dealkylation sites (N-methyl/N-ethyl adjacent to an activating group) is 1. The molecule has 0 amide bonds. The van der Waals surface area contributed by atoms with Gasteiger partial charge in [0.25, 0.3) is 0 Å². The van der Waals surface area contributed by atoms with Gasteiger partial charge in [0, 0.05) is 18.0 Å². The van der Waals surface area contributed by atoms with Gasteiger partial charge in [-0.15, -0.1) is 0 Å². The molecule has 2 heterocycles. The molecule has 4 aliphatic rings. The Morgan fingerprint density at radius 2 is 2.43 bits per heavy atom. The summed E-state index contributed by atoms with van der Waals surface area (Å²) in [5.74, 6) is 0.449. The van der Waals surface area contributed by atoms with E-state index in [-0.39, 0.29) is 24.0 Å². The van der Waals surface area contributed by atoms with E-state index in [1.165, 1.54) is 0 Å². The molecule has 1 spiro atoms. The molecular formula is C18H21NO4. The van der Waals surface area contributed by atoms with E-state index in [4.69, 9.17) is 20.1 Å². The number of aliphatic hydroxyl groups is 1. The summed E-state index contributed by atoms with van der Waals surface area (Å²) >= 11 is 0. The first-order chi connectivity index (χ1) is 12.7. The first-order valence-corrected chi connectivity index (χ1v) is 8.13. The first-order valence-electron chi connectivity index (χ1n) is 10.0. The van der Waals surface area contributed by atoms with Crippen LogP contribution >= 0.6 is 0 Å². The number of ether oxygens (including phenoxy) is 2. The number of benzene rings is 1. The molecule has 2 aliphatic carbocycles. The van der Waals surface area contributed by atoms with E-state index in [0.717, 1.165) is 17.7 Å². The van der Waals surface area contributed by atoms with Gasteiger partial charge in [-0.1, -0.05) is 6.07 Å². The van der Waals surface area contributed by atoms with E-state index in [1.807, 2.05) is 13.1 Å². The Balaban J connectivity index is 1.79. The SMILES string of the molecule is [2H]O[C@@]12CCC(=O)C3Oc4c(OC([2H])([2H])[2H])ccc5c4[C@@]31CCN(C)[C@@H]2C5. The molecule has 5 heteroatoms. The maximum Gasteiger partial charge on any atom is 0.211 e. The molecule has 5 nitrogen and oxygen atoms in total. The van der Waals surface area contributed by atoms with Crippen molar-refractivity contribution in [3.63, 3.8) is 0 Å². The molecule has 1 N–H and O–H groups in total. The van der Waals surface area contributed by atoms with Crippen molar-refractivity contribution in [3.05, 3.63) is 23.3 Å². The van der Waals surface area contributed by atoms with E-state index in [9.17, 15) is 4.79 Å². The zero-order valence-electron chi connectivity index (χ0n) is 16.9. The van der Waals surface area contributed by atoms with Crippen molar-refractivity contribution in [2.75, 3.05) is 20.6 Å². The summed E-state index contributed by atoms with van der Waals surface area (Å²) in [6, 6.07) is 3.45. The number of hydrogen-bond donors (Lipinski definition) is 1. The van der Waals surface area contributed by atoms with Crippen LogP contribution in [-0.4, -0.2) is 55.6 Å². The molecule has 4 atom stereocenters. The quantitative estimate of drug-likeness (QED) is 0.883. The molecule has 5 rings (SSSR count). The number of carbonyl (C=O) groups excluding carboxylic acids is 1. The fraction of sp³-hybridized carbons (Fsp3) is 0.611. The Labute approximate surface area is 140 Å². The molecule has 2 bridgehead atoms. The van der Waals surface area contributed by atoms with Crippen LogP contribution in [-0.2, 0) is 16.6 Å². The van der Waals surface area contributed by atoms with Gasteiger partial charge in [-0.3, -0.25) is 4.79 Å². The zero-order valence-corrected chi connectivity index (χ0v) is 12.9. The molecule has 1 aromatic carbocycles. The highest BCUT2D eigenvalue weighted by molar-refractivity contribution is 5.90. The number of nitrogens with zero attached hydrogens (tertiary/aromatic N) is 1. The monoisotopic (exact) mass is 319 g/mol. The van der Waals surface area contributed by atoms with Crippen molar-refractivity contribution in [3.8, 4) is 11.5 Å². The fourth-order valence-electron chi connectivity index (χ4n) is 5.57. The van der Waals surface area contributed by atoms with Crippen LogP contribution < -0.4 is 9.47 Å². The molecule has 2 aliphatic heterocycles. The number of hydrogen-bond acceptors (Lipinski definition) is 5. The smallest absolute Gasteiger partial charge is 0.211 e. The van der Waals surface area contributed by atoms with E-state index in [1.54, 1.807) is 6.07 Å². The number of Topliss-reactive ketones (excluding diaryl/α,β-unsaturated/α-hetero) is 1. The van der Waals surface area contributed by atoms with Crippen molar-refractivity contribution in [2.24, 2.45) is 0 Å². The van der Waals surface area contributed by atoms with Crippen LogP contribution in [0.4, 0.5) is 0 Å². The summed E-state index contributed by atoms with van der Waals surface area (Å²) in [7, 11) is -0.589. The molecule has 0 radical (unpaired) electrons. The van der Waals surface area contributed by atoms with Gasteiger partial charge in [-0.2, -0.15) is 0 Å². The van der Waals surface area contributed by atoms with Crippen LogP contribution in [0.25, 0.3) is 0 Å². The van der Waals surface area contributed by atoms with Gasteiger partial charge in [0.15, 0.2) is 23.4 Å². The Morgan fingerprint density at radius 3 is 3.26 bits per heavy atom. The standard InChI is InChI=1S/C18H21NO4/c1-19-8-7-17-14-10-3-4-12(22-2)15(14)23-16(17)11(20)5-6-18(17,21)13(19)9-10/h3-4,13,16,21H,5-9H2,1-2H3/t13-,16?,17+,18-/m1/s1/i2D3,21D. The summed E-state index contributed by atoms with van der Waals surface area (Å²) in [4.78, 5) is 15.1. The Kier molecular flexibility index (Phi) is 1.83. The lowest BCUT2D eigenvalue weighted by Crippen LogP contribution is -2.76. The maximum atomic E-state index is 12.8. The van der Waals surface area contributed by atoms with Crippen LogP contribution in [0, 0.1) is 0 Å². The fourth-order valence-corrected chi connectivity index (χ4v) is 5.57. The number of piperidine rings is 1. The molecule has 122 valence electrons. The second-order valence-corrected chi connectivity index (χ2v) is 7.30. The van der Waals surface area contributed by atoms with Gasteiger partial charge in [-0.25, -0.2) is 0 Å². The minimum atomic E-state index is -2.61. The van der Waals surface area contributed by atoms with Gasteiger partial charge >= 0.3 is 0 Å². The Hall–Kier alpha value is -1.59. The average molecular weight is 319 g/mol. The van der Waals surface area contributed by atoms with Crippen molar-refractivity contribution in [2.45, 2.75) is 48.8 Å². The largest absolute Gasteiger partial charge is 0.493 e. The molecule has 1 saturated carbocycles. The second kappa shape index (κ2) is 4.08. The third kappa shape index (κ3) is 1.32. The average Bonchev–Trinajstić information content (AvgIpc) is 2.96. The third-order valence-electron chi connectivity index (χ3n) is 6.58. The predicted molar refractivity (Wildman–Crippen MR) is 83.0 cm³/mol. The van der Waals surface area contributed by atoms with E-state index in [0.29, 0.717) is 25.0 Å². The van der Waals surface area contributed by atoms with Gasteiger partial charge in [0.05, 0.1) is 22.2 Å². The minimum Gasteiger partial charge on any atom is -0.493 e. The second-order valence-electron chi connectivity index (χ2n) is 7.30. The summed E-state index contributed by atoms with van der Waals surface area (Å²) in [6.45, 7) is 0.756. The van der Waals surface area contributed by atoms with Crippen LogP contribution in [0.1, 0.15) is 34.5 Å². The number of rotatable bonds is 2. The molecule has 1 aromatic rings. The van der Waals surface area contributed by atoms with Gasteiger partial charge in [-0.05, 0) is 44.5 Å². The highest BCUT2D eigenvalue weighted by Gasteiger charge is 2.72. The molecule has 0 aromatic heterocycles. The molecule has 1 saturated heterocycles. The summed E-state index contributed by atoms with van der Waals surface area (Å²) in [6.07, 6.45) is 1.27. The van der Waals surface area contributed by atoms with Crippen molar-refractivity contribution >= 4 is 5.78 Å². The normalized spacial score (nSPS) is 43.6. The molecule has 23 heavy (non-hydrogen) atoms. The lowest BCUT2D eigenvalue weighted by atomic mass is 9.49. The van der Waals surface area contributed by atoms with Gasteiger partial charge < -0.3 is 19.5 Å². The summed E-state index contributed by atoms with van der Waals surface area (Å²) in [5.41, 5.74) is 0.219. The number of ketones is 1. The van der Waals surface area contributed by atoms with E-state index < -0.39 is 24.2 Å². The Bertz CT molecular complexity index is 843. The first kappa shape index (κ1) is 10.3. The minimum absolute atomic E-state index is 0.0186. The van der Waals surface area contributed by atoms with Crippen molar-refractivity contribution < 1.29 is 23.5 Å². The van der Waals surface area contributed by atoms with Crippen molar-refractivity contribution in [1.82, 2.24) is 4.90 Å². The lowest BCUT2D eigenvalue weighted by molar-refractivity contribution is -0.185. The topological polar surface area (TPSA) is 59.0 Å². The number of likely N-dealkylation sites (tertiary alicyclic amines) is 1. The molecule has 1 unspecified atom stereocenters. The molecular weight excluding hydrogens is 294 g/mol. The van der Waals surface area contributed by atoms with Crippen molar-refractivity contribution in [1.29, 1.82) is 1.43 Å². The summed E-state index contributed by atoms with van der Waals surface area (Å²) < 4.78 is 41.6. The van der Waals surface area contributed by atoms with Crippen LogP contribution in [0.15, 0.2) is 12.1 Å². The predicted octanol–water partition coefficient (Wildman–Crippen LogP) is 1.05. The van der Waals surface area contributed by atoms with E-state index >= 15 is 0 Å². The van der Waals surface area contributed by atoms with Gasteiger partial charge in [0.1, 0.15) is 0 Å². The lowest BCUT2D eigenvalue weighted by Gasteiger charge is -2.62. The molecule has 2 fully saturated rings. The summed E-state index contributed by atoms with van der Waals surface area (Å²) in [5, 5.41) is 5.48. The highest BCUT2D eigenvalue weighted by atomic mass is 16.5. The highest BCUT2D eigenvalue weighted by Crippen LogP contribution is 2.64. The number of methoxy groups -OCH3 is 1. The van der Waals surface area contributed by atoms with E-state index in [2.05, 4.69) is 4.90 Å². The maximum absolute atomic E-state index is 12.8.